The number of ether oxygens (including phenoxy) is 1. The van der Waals surface area contributed by atoms with Gasteiger partial charge in [0.15, 0.2) is 5.82 Å². The molecule has 0 saturated heterocycles. The molecule has 1 aliphatic heterocycles. The Bertz CT molecular complexity index is 538. The van der Waals surface area contributed by atoms with Crippen LogP contribution in [0, 0.1) is 0 Å². The van der Waals surface area contributed by atoms with Crippen molar-refractivity contribution in [3.63, 3.8) is 0 Å². The quantitative estimate of drug-likeness (QED) is 0.886. The molecule has 1 aromatic heterocycles. The molecule has 0 aliphatic carbocycles. The van der Waals surface area contributed by atoms with Gasteiger partial charge < -0.3 is 10.1 Å². The maximum Gasteiger partial charge on any atom is 0.168 e. The van der Waals surface area contributed by atoms with Crippen molar-refractivity contribution in [1.82, 2.24) is 8.75 Å². The Labute approximate surface area is 104 Å². The number of benzene rings is 1. The topological polar surface area (TPSA) is 47.0 Å². The zero-order valence-electron chi connectivity index (χ0n) is 9.56. The van der Waals surface area contributed by atoms with Crippen molar-refractivity contribution in [2.45, 2.75) is 12.8 Å². The largest absolute Gasteiger partial charge is 0.493 e. The van der Waals surface area contributed by atoms with Gasteiger partial charge in [0.05, 0.1) is 18.3 Å². The summed E-state index contributed by atoms with van der Waals surface area (Å²) in [6.45, 7) is 0.788. The van der Waals surface area contributed by atoms with Gasteiger partial charge in [-0.3, -0.25) is 0 Å². The highest BCUT2D eigenvalue weighted by Gasteiger charge is 2.19. The Kier molecular flexibility index (Phi) is 2.68. The van der Waals surface area contributed by atoms with Crippen molar-refractivity contribution in [1.29, 1.82) is 0 Å². The smallest absolute Gasteiger partial charge is 0.168 e. The van der Waals surface area contributed by atoms with Gasteiger partial charge in [0.25, 0.3) is 0 Å². The summed E-state index contributed by atoms with van der Waals surface area (Å²) in [4.78, 5) is 0. The van der Waals surface area contributed by atoms with Gasteiger partial charge in [0, 0.05) is 12.6 Å². The molecule has 3 rings (SSSR count). The van der Waals surface area contributed by atoms with Gasteiger partial charge >= 0.3 is 0 Å². The van der Waals surface area contributed by atoms with Gasteiger partial charge in [-0.25, -0.2) is 0 Å². The molecular formula is C12H13N3OS. The second-order valence-corrected chi connectivity index (χ2v) is 4.49. The first-order valence-electron chi connectivity index (χ1n) is 5.65. The van der Waals surface area contributed by atoms with Crippen LogP contribution in [0.5, 0.6) is 5.75 Å². The third-order valence-corrected chi connectivity index (χ3v) is 3.44. The number of hydrogen-bond acceptors (Lipinski definition) is 5. The lowest BCUT2D eigenvalue weighted by molar-refractivity contribution is 0.289. The predicted octanol–water partition coefficient (Wildman–Crippen LogP) is 2.57. The maximum atomic E-state index is 5.79. The first-order valence-corrected chi connectivity index (χ1v) is 6.38. The summed E-state index contributed by atoms with van der Waals surface area (Å²) in [5.41, 5.74) is 3.19. The summed E-state index contributed by atoms with van der Waals surface area (Å²) in [6.07, 6.45) is 2.17. The monoisotopic (exact) mass is 247 g/mol. The van der Waals surface area contributed by atoms with E-state index in [1.165, 1.54) is 17.3 Å². The predicted molar refractivity (Wildman–Crippen MR) is 68.7 cm³/mol. The van der Waals surface area contributed by atoms with Crippen molar-refractivity contribution in [2.75, 3.05) is 19.0 Å². The number of nitrogens with zero attached hydrogens (tertiary/aromatic N) is 2. The SMILES string of the molecule is CNc1nsnc1-c1cccc2c1OCCC2. The van der Waals surface area contributed by atoms with Gasteiger partial charge in [-0.2, -0.15) is 8.75 Å². The van der Waals surface area contributed by atoms with E-state index in [1.807, 2.05) is 13.1 Å². The van der Waals surface area contributed by atoms with Crippen LogP contribution in [-0.2, 0) is 6.42 Å². The van der Waals surface area contributed by atoms with E-state index in [-0.39, 0.29) is 0 Å². The van der Waals surface area contributed by atoms with Crippen LogP contribution < -0.4 is 10.1 Å². The molecule has 2 heterocycles. The third kappa shape index (κ3) is 1.76. The van der Waals surface area contributed by atoms with Crippen LogP contribution in [0.25, 0.3) is 11.3 Å². The van der Waals surface area contributed by atoms with Crippen LogP contribution in [0.15, 0.2) is 18.2 Å². The zero-order chi connectivity index (χ0) is 11.7. The molecule has 1 aromatic carbocycles. The van der Waals surface area contributed by atoms with E-state index in [0.29, 0.717) is 0 Å². The highest BCUT2D eigenvalue weighted by atomic mass is 32.1. The highest BCUT2D eigenvalue weighted by Crippen LogP contribution is 2.38. The Balaban J connectivity index is 2.14. The normalized spacial score (nSPS) is 13.9. The standard InChI is InChI=1S/C12H13N3OS/c1-13-12-10(14-17-15-12)9-6-2-4-8-5-3-7-16-11(8)9/h2,4,6H,3,5,7H2,1H3,(H,13,15). The third-order valence-electron chi connectivity index (χ3n) is 2.91. The van der Waals surface area contributed by atoms with Crippen LogP contribution in [0.4, 0.5) is 5.82 Å². The molecule has 2 aromatic rings. The Morgan fingerprint density at radius 2 is 2.29 bits per heavy atom. The summed E-state index contributed by atoms with van der Waals surface area (Å²) >= 11 is 1.22. The second kappa shape index (κ2) is 4.33. The number of aryl methyl sites for hydroxylation is 1. The van der Waals surface area contributed by atoms with E-state index in [1.54, 1.807) is 0 Å². The Morgan fingerprint density at radius 3 is 3.18 bits per heavy atom. The molecule has 88 valence electrons. The first kappa shape index (κ1) is 10.5. The van der Waals surface area contributed by atoms with Crippen molar-refractivity contribution in [3.05, 3.63) is 23.8 Å². The number of anilines is 1. The Hall–Kier alpha value is -1.62. The molecule has 1 aliphatic rings. The van der Waals surface area contributed by atoms with Gasteiger partial charge in [0.2, 0.25) is 0 Å². The van der Waals surface area contributed by atoms with E-state index in [9.17, 15) is 0 Å². The molecule has 0 amide bonds. The van der Waals surface area contributed by atoms with Gasteiger partial charge in [-0.1, -0.05) is 12.1 Å². The molecule has 5 heteroatoms. The molecule has 0 saturated carbocycles. The molecule has 0 fully saturated rings. The summed E-state index contributed by atoms with van der Waals surface area (Å²) in [5.74, 6) is 1.79. The summed E-state index contributed by atoms with van der Waals surface area (Å²) < 4.78 is 14.4. The lowest BCUT2D eigenvalue weighted by Gasteiger charge is -2.19. The molecule has 4 nitrogen and oxygen atoms in total. The molecule has 0 radical (unpaired) electrons. The van der Waals surface area contributed by atoms with Gasteiger partial charge in [0.1, 0.15) is 11.4 Å². The van der Waals surface area contributed by atoms with E-state index in [0.717, 1.165) is 42.3 Å². The number of rotatable bonds is 2. The minimum atomic E-state index is 0.788. The van der Waals surface area contributed by atoms with Crippen LogP contribution in [-0.4, -0.2) is 22.4 Å². The summed E-state index contributed by atoms with van der Waals surface area (Å²) in [5, 5.41) is 3.06. The van der Waals surface area contributed by atoms with Gasteiger partial charge in [-0.15, -0.1) is 0 Å². The highest BCUT2D eigenvalue weighted by molar-refractivity contribution is 6.99. The minimum Gasteiger partial charge on any atom is -0.493 e. The maximum absolute atomic E-state index is 5.79. The lowest BCUT2D eigenvalue weighted by Crippen LogP contribution is -2.09. The fraction of sp³-hybridized carbons (Fsp3) is 0.333. The Morgan fingerprint density at radius 1 is 1.35 bits per heavy atom. The van der Waals surface area contributed by atoms with Crippen molar-refractivity contribution in [3.8, 4) is 17.0 Å². The van der Waals surface area contributed by atoms with E-state index < -0.39 is 0 Å². The fourth-order valence-electron chi connectivity index (χ4n) is 2.10. The van der Waals surface area contributed by atoms with Crippen molar-refractivity contribution >= 4 is 17.5 Å². The average molecular weight is 247 g/mol. The molecule has 1 N–H and O–H groups in total. The minimum absolute atomic E-state index is 0.788. The first-order chi connectivity index (χ1) is 8.40. The van der Waals surface area contributed by atoms with Crippen LogP contribution in [0.3, 0.4) is 0 Å². The lowest BCUT2D eigenvalue weighted by atomic mass is 10.0. The van der Waals surface area contributed by atoms with E-state index in [4.69, 9.17) is 4.74 Å². The molecule has 0 atom stereocenters. The molecule has 0 spiro atoms. The molecule has 17 heavy (non-hydrogen) atoms. The molecule has 0 unspecified atom stereocenters. The van der Waals surface area contributed by atoms with Crippen molar-refractivity contribution in [2.24, 2.45) is 0 Å². The number of aromatic nitrogens is 2. The number of fused-ring (bicyclic) bond motifs is 1. The zero-order valence-corrected chi connectivity index (χ0v) is 10.4. The van der Waals surface area contributed by atoms with E-state index in [2.05, 4.69) is 26.2 Å². The molecule has 0 bridgehead atoms. The molecular weight excluding hydrogens is 234 g/mol. The van der Waals surface area contributed by atoms with Crippen molar-refractivity contribution < 1.29 is 4.74 Å². The fourth-order valence-corrected chi connectivity index (χ4v) is 2.67. The second-order valence-electron chi connectivity index (χ2n) is 3.96. The summed E-state index contributed by atoms with van der Waals surface area (Å²) in [7, 11) is 1.86. The van der Waals surface area contributed by atoms with E-state index >= 15 is 0 Å². The van der Waals surface area contributed by atoms with Crippen LogP contribution in [0.2, 0.25) is 0 Å². The van der Waals surface area contributed by atoms with Crippen LogP contribution >= 0.6 is 11.7 Å². The number of para-hydroxylation sites is 1. The summed E-state index contributed by atoms with van der Waals surface area (Å²) in [6, 6.07) is 6.22. The number of nitrogens with one attached hydrogen (secondary N) is 1. The average Bonchev–Trinajstić information content (AvgIpc) is 2.86. The van der Waals surface area contributed by atoms with Crippen LogP contribution in [0.1, 0.15) is 12.0 Å². The van der Waals surface area contributed by atoms with Gasteiger partial charge in [-0.05, 0) is 24.5 Å². The number of hydrogen-bond donors (Lipinski definition) is 1.